The zero-order valence-corrected chi connectivity index (χ0v) is 12.9. The molecule has 110 valence electrons. The molecule has 1 aromatic heterocycles. The monoisotopic (exact) mass is 267 g/mol. The fourth-order valence-electron chi connectivity index (χ4n) is 2.02. The molecule has 1 rings (SSSR count). The maximum absolute atomic E-state index is 5.72. The second-order valence-corrected chi connectivity index (χ2v) is 5.80. The van der Waals surface area contributed by atoms with Crippen molar-refractivity contribution in [1.29, 1.82) is 0 Å². The Hall–Kier alpha value is -0.800. The average molecular weight is 267 g/mol. The molecule has 0 aromatic carbocycles. The lowest BCUT2D eigenvalue weighted by molar-refractivity contribution is 0.0768. The highest BCUT2D eigenvalue weighted by molar-refractivity contribution is 5.06. The van der Waals surface area contributed by atoms with E-state index in [-0.39, 0.29) is 0 Å². The zero-order valence-electron chi connectivity index (χ0n) is 12.9. The molecule has 1 N–H and O–H groups in total. The number of furan rings is 1. The third-order valence-corrected chi connectivity index (χ3v) is 3.00. The van der Waals surface area contributed by atoms with E-state index in [1.807, 2.05) is 12.1 Å². The van der Waals surface area contributed by atoms with E-state index in [0.717, 1.165) is 31.2 Å². The second kappa shape index (κ2) is 9.16. The van der Waals surface area contributed by atoms with Gasteiger partial charge in [-0.15, -0.1) is 0 Å². The quantitative estimate of drug-likeness (QED) is 0.696. The maximum Gasteiger partial charge on any atom is 0.129 e. The van der Waals surface area contributed by atoms with Crippen LogP contribution in [0.1, 0.15) is 52.1 Å². The van der Waals surface area contributed by atoms with Crippen molar-refractivity contribution in [2.24, 2.45) is 11.8 Å². The summed E-state index contributed by atoms with van der Waals surface area (Å²) in [7, 11) is 0. The minimum Gasteiger partial charge on any atom is -0.462 e. The standard InChI is InChI=1S/C16H29NO2/c1-5-6-14(4)11-18-12-16-8-7-15(19-16)10-17-9-13(2)3/h7-8,13-14,17H,5-6,9-12H2,1-4H3. The molecule has 0 saturated carbocycles. The van der Waals surface area contributed by atoms with E-state index in [1.54, 1.807) is 0 Å². The van der Waals surface area contributed by atoms with E-state index < -0.39 is 0 Å². The Labute approximate surface area is 117 Å². The first kappa shape index (κ1) is 16.3. The smallest absolute Gasteiger partial charge is 0.129 e. The van der Waals surface area contributed by atoms with Gasteiger partial charge in [0, 0.05) is 6.61 Å². The molecule has 0 fully saturated rings. The number of hydrogen-bond acceptors (Lipinski definition) is 3. The summed E-state index contributed by atoms with van der Waals surface area (Å²) in [4.78, 5) is 0. The largest absolute Gasteiger partial charge is 0.462 e. The number of hydrogen-bond donors (Lipinski definition) is 1. The highest BCUT2D eigenvalue weighted by atomic mass is 16.5. The lowest BCUT2D eigenvalue weighted by atomic mass is 10.1. The van der Waals surface area contributed by atoms with Crippen LogP contribution in [-0.4, -0.2) is 13.2 Å². The normalized spacial score (nSPS) is 13.1. The van der Waals surface area contributed by atoms with Crippen LogP contribution in [0, 0.1) is 11.8 Å². The number of ether oxygens (including phenoxy) is 1. The molecule has 1 aromatic rings. The van der Waals surface area contributed by atoms with Crippen molar-refractivity contribution < 1.29 is 9.15 Å². The molecule has 0 radical (unpaired) electrons. The second-order valence-electron chi connectivity index (χ2n) is 5.80. The van der Waals surface area contributed by atoms with Gasteiger partial charge in [-0.1, -0.05) is 34.1 Å². The van der Waals surface area contributed by atoms with Crippen LogP contribution in [0.25, 0.3) is 0 Å². The first-order valence-electron chi connectivity index (χ1n) is 7.47. The molecule has 19 heavy (non-hydrogen) atoms. The van der Waals surface area contributed by atoms with Crippen LogP contribution in [0.2, 0.25) is 0 Å². The van der Waals surface area contributed by atoms with Crippen molar-refractivity contribution in [2.75, 3.05) is 13.2 Å². The summed E-state index contributed by atoms with van der Waals surface area (Å²) in [5.74, 6) is 3.20. The van der Waals surface area contributed by atoms with Crippen molar-refractivity contribution >= 4 is 0 Å². The van der Waals surface area contributed by atoms with Gasteiger partial charge in [0.15, 0.2) is 0 Å². The molecule has 0 bridgehead atoms. The Balaban J connectivity index is 2.19. The zero-order chi connectivity index (χ0) is 14.1. The predicted molar refractivity (Wildman–Crippen MR) is 79.0 cm³/mol. The minimum absolute atomic E-state index is 0.582. The van der Waals surface area contributed by atoms with Gasteiger partial charge in [-0.25, -0.2) is 0 Å². The fraction of sp³-hybridized carbons (Fsp3) is 0.750. The molecule has 0 amide bonds. The van der Waals surface area contributed by atoms with Gasteiger partial charge in [0.2, 0.25) is 0 Å². The minimum atomic E-state index is 0.582. The summed E-state index contributed by atoms with van der Waals surface area (Å²) >= 11 is 0. The summed E-state index contributed by atoms with van der Waals surface area (Å²) in [5.41, 5.74) is 0. The van der Waals surface area contributed by atoms with Gasteiger partial charge in [0.1, 0.15) is 18.1 Å². The predicted octanol–water partition coefficient (Wildman–Crippen LogP) is 3.98. The Morgan fingerprint density at radius 1 is 1.21 bits per heavy atom. The molecule has 0 aliphatic rings. The molecule has 3 nitrogen and oxygen atoms in total. The van der Waals surface area contributed by atoms with E-state index in [9.17, 15) is 0 Å². The van der Waals surface area contributed by atoms with Crippen LogP contribution in [-0.2, 0) is 17.9 Å². The Morgan fingerprint density at radius 3 is 2.63 bits per heavy atom. The van der Waals surface area contributed by atoms with E-state index >= 15 is 0 Å². The van der Waals surface area contributed by atoms with Crippen LogP contribution < -0.4 is 5.32 Å². The van der Waals surface area contributed by atoms with Gasteiger partial charge in [0.05, 0.1) is 6.54 Å². The molecule has 0 aliphatic carbocycles. The van der Waals surface area contributed by atoms with Crippen LogP contribution in [0.4, 0.5) is 0 Å². The average Bonchev–Trinajstić information content (AvgIpc) is 2.77. The molecule has 0 aliphatic heterocycles. The molecule has 1 heterocycles. The molecule has 1 atom stereocenters. The van der Waals surface area contributed by atoms with E-state index in [0.29, 0.717) is 18.4 Å². The topological polar surface area (TPSA) is 34.4 Å². The van der Waals surface area contributed by atoms with Crippen molar-refractivity contribution in [3.63, 3.8) is 0 Å². The van der Waals surface area contributed by atoms with Gasteiger partial charge >= 0.3 is 0 Å². The highest BCUT2D eigenvalue weighted by Crippen LogP contribution is 2.11. The lowest BCUT2D eigenvalue weighted by Gasteiger charge is -2.09. The Kier molecular flexibility index (Phi) is 7.84. The maximum atomic E-state index is 5.72. The third-order valence-electron chi connectivity index (χ3n) is 3.00. The molecule has 3 heteroatoms. The van der Waals surface area contributed by atoms with Crippen LogP contribution in [0.5, 0.6) is 0 Å². The summed E-state index contributed by atoms with van der Waals surface area (Å²) in [6.45, 7) is 12.0. The van der Waals surface area contributed by atoms with Gasteiger partial charge in [-0.05, 0) is 36.9 Å². The van der Waals surface area contributed by atoms with Crippen LogP contribution >= 0.6 is 0 Å². The Bertz CT molecular complexity index is 333. The fourth-order valence-corrected chi connectivity index (χ4v) is 2.02. The van der Waals surface area contributed by atoms with Crippen LogP contribution in [0.3, 0.4) is 0 Å². The van der Waals surface area contributed by atoms with E-state index in [1.165, 1.54) is 12.8 Å². The van der Waals surface area contributed by atoms with Gasteiger partial charge in [0.25, 0.3) is 0 Å². The van der Waals surface area contributed by atoms with Gasteiger partial charge < -0.3 is 14.5 Å². The van der Waals surface area contributed by atoms with Crippen LogP contribution in [0.15, 0.2) is 16.5 Å². The van der Waals surface area contributed by atoms with Gasteiger partial charge in [-0.2, -0.15) is 0 Å². The SMILES string of the molecule is CCCC(C)COCc1ccc(CNCC(C)C)o1. The third kappa shape index (κ3) is 7.38. The van der Waals surface area contributed by atoms with Crippen molar-refractivity contribution in [3.8, 4) is 0 Å². The van der Waals surface area contributed by atoms with E-state index in [2.05, 4.69) is 33.0 Å². The summed E-state index contributed by atoms with van der Waals surface area (Å²) < 4.78 is 11.4. The molecule has 0 spiro atoms. The van der Waals surface area contributed by atoms with Crippen molar-refractivity contribution in [3.05, 3.63) is 23.7 Å². The molecule has 1 unspecified atom stereocenters. The molecular weight excluding hydrogens is 238 g/mol. The Morgan fingerprint density at radius 2 is 1.95 bits per heavy atom. The van der Waals surface area contributed by atoms with Crippen molar-refractivity contribution in [2.45, 2.75) is 53.7 Å². The van der Waals surface area contributed by atoms with E-state index in [4.69, 9.17) is 9.15 Å². The summed E-state index contributed by atoms with van der Waals surface area (Å²) in [6.07, 6.45) is 2.44. The number of nitrogens with one attached hydrogen (secondary N) is 1. The summed E-state index contributed by atoms with van der Waals surface area (Å²) in [5, 5.41) is 3.37. The first-order valence-corrected chi connectivity index (χ1v) is 7.47. The first-order chi connectivity index (χ1) is 9.11. The van der Waals surface area contributed by atoms with Crippen molar-refractivity contribution in [1.82, 2.24) is 5.32 Å². The lowest BCUT2D eigenvalue weighted by Crippen LogP contribution is -2.18. The van der Waals surface area contributed by atoms with Gasteiger partial charge in [-0.3, -0.25) is 0 Å². The molecular formula is C16H29NO2. The molecule has 0 saturated heterocycles. The highest BCUT2D eigenvalue weighted by Gasteiger charge is 2.05. The number of rotatable bonds is 10. The summed E-state index contributed by atoms with van der Waals surface area (Å²) in [6, 6.07) is 4.04.